The number of hydrogen-bond donors (Lipinski definition) is 3. The number of carboxylic acids is 1. The molecule has 0 radical (unpaired) electrons. The molecule has 2 amide bonds. The number of hydrogen-bond acceptors (Lipinski definition) is 6. The van der Waals surface area contributed by atoms with Gasteiger partial charge < -0.3 is 9.84 Å². The average Bonchev–Trinajstić information content (AvgIpc) is 2.56. The fourth-order valence-electron chi connectivity index (χ4n) is 2.34. The van der Waals surface area contributed by atoms with Crippen LogP contribution in [0, 0.1) is 0 Å². The molecule has 1 aliphatic heterocycles. The molecule has 1 aliphatic rings. The Bertz CT molecular complexity index is 480. The number of carbonyl (C=O) groups excluding carboxylic acids is 2. The highest BCUT2D eigenvalue weighted by atomic mass is 17.2. The number of hydrazine groups is 1. The van der Waals surface area contributed by atoms with Crippen LogP contribution in [0.15, 0.2) is 0 Å². The first kappa shape index (κ1) is 20.3. The van der Waals surface area contributed by atoms with Gasteiger partial charge >= 0.3 is 5.97 Å². The van der Waals surface area contributed by atoms with Crippen molar-refractivity contribution in [1.29, 1.82) is 0 Å². The van der Waals surface area contributed by atoms with Crippen LogP contribution in [0.3, 0.4) is 0 Å². The Kier molecular flexibility index (Phi) is 7.12. The monoisotopic (exact) mass is 346 g/mol. The first-order valence-corrected chi connectivity index (χ1v) is 7.85. The molecule has 9 heteroatoms. The molecule has 0 aromatic carbocycles. The summed E-state index contributed by atoms with van der Waals surface area (Å²) in [6.45, 7) is 7.36. The van der Waals surface area contributed by atoms with Gasteiger partial charge in [-0.05, 0) is 27.7 Å². The number of nitrogens with one attached hydrogen (secondary N) is 2. The predicted octanol–water partition coefficient (Wildman–Crippen LogP) is 1.03. The molecule has 0 aliphatic carbocycles. The van der Waals surface area contributed by atoms with Crippen molar-refractivity contribution in [2.75, 3.05) is 0 Å². The Hall–Kier alpha value is -1.71. The third kappa shape index (κ3) is 7.71. The summed E-state index contributed by atoms with van der Waals surface area (Å²) in [6.07, 6.45) is 0.295. The Morgan fingerprint density at radius 2 is 1.62 bits per heavy atom. The lowest BCUT2D eigenvalue weighted by Gasteiger charge is -2.28. The summed E-state index contributed by atoms with van der Waals surface area (Å²) in [5, 5.41) is 8.47. The zero-order valence-electron chi connectivity index (χ0n) is 14.5. The van der Waals surface area contributed by atoms with Crippen molar-refractivity contribution in [2.45, 2.75) is 77.3 Å². The Morgan fingerprint density at radius 1 is 1.04 bits per heavy atom. The third-order valence-corrected chi connectivity index (χ3v) is 3.39. The van der Waals surface area contributed by atoms with Crippen LogP contribution in [-0.4, -0.2) is 40.4 Å². The van der Waals surface area contributed by atoms with Crippen LogP contribution in [0.1, 0.15) is 59.8 Å². The van der Waals surface area contributed by atoms with E-state index < -0.39 is 29.2 Å². The summed E-state index contributed by atoms with van der Waals surface area (Å²) in [5.74, 6) is -3.16. The van der Waals surface area contributed by atoms with E-state index in [-0.39, 0.29) is 31.8 Å². The van der Waals surface area contributed by atoms with Crippen molar-refractivity contribution < 1.29 is 34.0 Å². The number of carbonyl (C=O) groups is 3. The highest BCUT2D eigenvalue weighted by Gasteiger charge is 2.38. The molecule has 1 fully saturated rings. The van der Waals surface area contributed by atoms with Crippen molar-refractivity contribution in [3.8, 4) is 0 Å². The standard InChI is InChI=1S/C15H26N2O7/c1-10-9-14(2,3)23-24-15(4,22-10)8-7-12(19)17-16-11(18)5-6-13(20)21/h10H,5-9H2,1-4H3,(H,16,18)(H,17,19)(H,20,21). The van der Waals surface area contributed by atoms with Crippen LogP contribution in [0.4, 0.5) is 0 Å². The molecule has 2 atom stereocenters. The maximum Gasteiger partial charge on any atom is 0.303 e. The molecule has 138 valence electrons. The smallest absolute Gasteiger partial charge is 0.303 e. The minimum atomic E-state index is -1.08. The Balaban J connectivity index is 2.37. The molecule has 24 heavy (non-hydrogen) atoms. The first-order valence-electron chi connectivity index (χ1n) is 7.85. The van der Waals surface area contributed by atoms with Gasteiger partial charge in [0.2, 0.25) is 11.8 Å². The Labute approximate surface area is 140 Å². The summed E-state index contributed by atoms with van der Waals surface area (Å²) in [5.41, 5.74) is 3.89. The van der Waals surface area contributed by atoms with Crippen LogP contribution in [0.25, 0.3) is 0 Å². The van der Waals surface area contributed by atoms with E-state index in [2.05, 4.69) is 10.9 Å². The van der Waals surface area contributed by atoms with Crippen LogP contribution in [0.5, 0.6) is 0 Å². The number of amides is 2. The lowest BCUT2D eigenvalue weighted by atomic mass is 10.0. The average molecular weight is 346 g/mol. The second kappa shape index (κ2) is 8.41. The van der Waals surface area contributed by atoms with Crippen LogP contribution in [-0.2, 0) is 28.9 Å². The summed E-state index contributed by atoms with van der Waals surface area (Å²) in [7, 11) is 0. The molecule has 0 bridgehead atoms. The summed E-state index contributed by atoms with van der Waals surface area (Å²) in [6, 6.07) is 0. The lowest BCUT2D eigenvalue weighted by Crippen LogP contribution is -2.43. The van der Waals surface area contributed by atoms with Crippen LogP contribution < -0.4 is 10.9 Å². The molecule has 2 unspecified atom stereocenters. The fraction of sp³-hybridized carbons (Fsp3) is 0.800. The molecule has 0 aromatic heterocycles. The summed E-state index contributed by atoms with van der Waals surface area (Å²) in [4.78, 5) is 44.2. The van der Waals surface area contributed by atoms with Gasteiger partial charge in [0, 0.05) is 25.7 Å². The molecule has 9 nitrogen and oxygen atoms in total. The highest BCUT2D eigenvalue weighted by Crippen LogP contribution is 2.32. The molecular formula is C15H26N2O7. The minimum absolute atomic E-state index is 0.0339. The fourth-order valence-corrected chi connectivity index (χ4v) is 2.34. The predicted molar refractivity (Wildman–Crippen MR) is 82.2 cm³/mol. The van der Waals surface area contributed by atoms with E-state index in [1.54, 1.807) is 6.92 Å². The zero-order chi connectivity index (χ0) is 18.4. The van der Waals surface area contributed by atoms with Crippen molar-refractivity contribution in [2.24, 2.45) is 0 Å². The van der Waals surface area contributed by atoms with Crippen LogP contribution in [0.2, 0.25) is 0 Å². The quantitative estimate of drug-likeness (QED) is 0.485. The van der Waals surface area contributed by atoms with Gasteiger partial charge in [0.05, 0.1) is 12.5 Å². The molecule has 0 saturated carbocycles. The minimum Gasteiger partial charge on any atom is -0.481 e. The van der Waals surface area contributed by atoms with E-state index in [1.165, 1.54) is 0 Å². The lowest BCUT2D eigenvalue weighted by molar-refractivity contribution is -0.442. The van der Waals surface area contributed by atoms with E-state index in [1.807, 2.05) is 20.8 Å². The van der Waals surface area contributed by atoms with Gasteiger partial charge in [-0.15, -0.1) is 0 Å². The van der Waals surface area contributed by atoms with Gasteiger partial charge in [-0.1, -0.05) is 0 Å². The van der Waals surface area contributed by atoms with Gasteiger partial charge in [0.1, 0.15) is 5.60 Å². The van der Waals surface area contributed by atoms with Crippen molar-refractivity contribution in [3.63, 3.8) is 0 Å². The molecular weight excluding hydrogens is 320 g/mol. The number of rotatable bonds is 6. The molecule has 0 spiro atoms. The van der Waals surface area contributed by atoms with Crippen molar-refractivity contribution in [3.05, 3.63) is 0 Å². The number of ether oxygens (including phenoxy) is 1. The Morgan fingerprint density at radius 3 is 2.21 bits per heavy atom. The second-order valence-electron chi connectivity index (χ2n) is 6.68. The maximum absolute atomic E-state index is 11.8. The second-order valence-corrected chi connectivity index (χ2v) is 6.68. The molecule has 0 aromatic rings. The van der Waals surface area contributed by atoms with E-state index in [9.17, 15) is 14.4 Å². The van der Waals surface area contributed by atoms with Gasteiger partial charge in [0.15, 0.2) is 5.79 Å². The third-order valence-electron chi connectivity index (χ3n) is 3.39. The summed E-state index contributed by atoms with van der Waals surface area (Å²) >= 11 is 0. The van der Waals surface area contributed by atoms with Crippen molar-refractivity contribution >= 4 is 17.8 Å². The van der Waals surface area contributed by atoms with Crippen LogP contribution >= 0.6 is 0 Å². The topological polar surface area (TPSA) is 123 Å². The first-order chi connectivity index (χ1) is 11.0. The number of aliphatic carboxylic acids is 1. The maximum atomic E-state index is 11.8. The zero-order valence-corrected chi connectivity index (χ0v) is 14.5. The van der Waals surface area contributed by atoms with Gasteiger partial charge in [-0.25, -0.2) is 9.78 Å². The molecule has 1 saturated heterocycles. The molecule has 1 rings (SSSR count). The normalized spacial score (nSPS) is 26.2. The largest absolute Gasteiger partial charge is 0.481 e. The summed E-state index contributed by atoms with van der Waals surface area (Å²) < 4.78 is 5.80. The van der Waals surface area contributed by atoms with E-state index >= 15 is 0 Å². The van der Waals surface area contributed by atoms with Gasteiger partial charge in [-0.3, -0.25) is 25.2 Å². The molecule has 1 heterocycles. The van der Waals surface area contributed by atoms with Gasteiger partial charge in [0.25, 0.3) is 0 Å². The molecule has 3 N–H and O–H groups in total. The highest BCUT2D eigenvalue weighted by molar-refractivity contribution is 5.83. The van der Waals surface area contributed by atoms with E-state index in [0.29, 0.717) is 6.42 Å². The van der Waals surface area contributed by atoms with E-state index in [4.69, 9.17) is 19.6 Å². The van der Waals surface area contributed by atoms with Gasteiger partial charge in [-0.2, -0.15) is 0 Å². The SMILES string of the molecule is CC1CC(C)(C)OOC(C)(CCC(=O)NNC(=O)CCC(=O)O)O1. The number of carboxylic acid groups (broad SMARTS) is 1. The van der Waals surface area contributed by atoms with E-state index in [0.717, 1.165) is 0 Å². The van der Waals surface area contributed by atoms with Crippen molar-refractivity contribution in [1.82, 2.24) is 10.9 Å².